The fourth-order valence-electron chi connectivity index (χ4n) is 2.53. The highest BCUT2D eigenvalue weighted by Crippen LogP contribution is 2.35. The van der Waals surface area contributed by atoms with Crippen molar-refractivity contribution in [3.05, 3.63) is 45.7 Å². The van der Waals surface area contributed by atoms with Gasteiger partial charge in [-0.2, -0.15) is 4.98 Å². The Morgan fingerprint density at radius 3 is 2.57 bits per heavy atom. The predicted molar refractivity (Wildman–Crippen MR) is 86.6 cm³/mol. The quantitative estimate of drug-likeness (QED) is 0.524. The fraction of sp³-hybridized carbons (Fsp3) is 0.333. The largest absolute Gasteiger partial charge is 0.381 e. The molecule has 120 valence electrons. The minimum absolute atomic E-state index is 0.0241. The second-order valence-electron chi connectivity index (χ2n) is 5.19. The van der Waals surface area contributed by atoms with Gasteiger partial charge in [-0.3, -0.25) is 10.1 Å². The molecule has 0 atom stereocenters. The van der Waals surface area contributed by atoms with Crippen LogP contribution in [0.4, 0.5) is 11.5 Å². The molecular formula is C15H15ClN4O3. The van der Waals surface area contributed by atoms with Gasteiger partial charge < -0.3 is 10.1 Å². The maximum absolute atomic E-state index is 11.6. The summed E-state index contributed by atoms with van der Waals surface area (Å²) in [6.07, 6.45) is 1.53. The molecule has 23 heavy (non-hydrogen) atoms. The van der Waals surface area contributed by atoms with E-state index in [-0.39, 0.29) is 28.5 Å². The summed E-state index contributed by atoms with van der Waals surface area (Å²) in [4.78, 5) is 19.2. The molecule has 0 aliphatic carbocycles. The van der Waals surface area contributed by atoms with Gasteiger partial charge in [-0.15, -0.1) is 0 Å². The van der Waals surface area contributed by atoms with Crippen LogP contribution in [0, 0.1) is 10.1 Å². The highest BCUT2D eigenvalue weighted by atomic mass is 35.5. The topological polar surface area (TPSA) is 90.2 Å². The van der Waals surface area contributed by atoms with E-state index in [9.17, 15) is 10.1 Å². The van der Waals surface area contributed by atoms with E-state index in [4.69, 9.17) is 16.3 Å². The lowest BCUT2D eigenvalue weighted by Crippen LogP contribution is -2.28. The fourth-order valence-corrected chi connectivity index (χ4v) is 2.70. The van der Waals surface area contributed by atoms with Crippen molar-refractivity contribution >= 4 is 23.1 Å². The van der Waals surface area contributed by atoms with Gasteiger partial charge in [0.05, 0.1) is 4.92 Å². The number of halogens is 1. The van der Waals surface area contributed by atoms with Crippen molar-refractivity contribution in [2.75, 3.05) is 18.5 Å². The molecule has 2 aromatic rings. The monoisotopic (exact) mass is 334 g/mol. The molecule has 0 bridgehead atoms. The number of aromatic nitrogens is 2. The third-order valence-corrected chi connectivity index (χ3v) is 3.82. The van der Waals surface area contributed by atoms with Gasteiger partial charge in [0, 0.05) is 24.8 Å². The maximum Gasteiger partial charge on any atom is 0.337 e. The lowest BCUT2D eigenvalue weighted by molar-refractivity contribution is -0.383. The number of rotatable bonds is 4. The van der Waals surface area contributed by atoms with Crippen LogP contribution in [-0.2, 0) is 4.74 Å². The van der Waals surface area contributed by atoms with Gasteiger partial charge in [0.2, 0.25) is 11.1 Å². The Bertz CT molecular complexity index is 705. The van der Waals surface area contributed by atoms with Gasteiger partial charge in [0.25, 0.3) is 0 Å². The first kappa shape index (κ1) is 15.6. The normalized spacial score (nSPS) is 15.3. The minimum Gasteiger partial charge on any atom is -0.381 e. The molecule has 8 heteroatoms. The summed E-state index contributed by atoms with van der Waals surface area (Å²) in [5, 5.41) is 14.7. The molecule has 1 N–H and O–H groups in total. The van der Waals surface area contributed by atoms with E-state index in [2.05, 4.69) is 15.3 Å². The Labute approximate surface area is 137 Å². The van der Waals surface area contributed by atoms with Gasteiger partial charge in [-0.25, -0.2) is 4.98 Å². The maximum atomic E-state index is 11.6. The minimum atomic E-state index is -0.472. The van der Waals surface area contributed by atoms with Crippen LogP contribution in [0.5, 0.6) is 0 Å². The molecule has 0 saturated carbocycles. The number of benzene rings is 1. The van der Waals surface area contributed by atoms with Crippen molar-refractivity contribution in [2.24, 2.45) is 0 Å². The number of hydrogen-bond donors (Lipinski definition) is 1. The molecule has 2 heterocycles. The molecule has 1 fully saturated rings. The van der Waals surface area contributed by atoms with Crippen LogP contribution in [0.1, 0.15) is 12.8 Å². The highest BCUT2D eigenvalue weighted by molar-refractivity contribution is 6.28. The van der Waals surface area contributed by atoms with E-state index >= 15 is 0 Å². The first-order valence-electron chi connectivity index (χ1n) is 7.27. The zero-order valence-corrected chi connectivity index (χ0v) is 13.0. The molecule has 1 aromatic carbocycles. The Kier molecular flexibility index (Phi) is 4.68. The molecule has 1 saturated heterocycles. The van der Waals surface area contributed by atoms with Crippen molar-refractivity contribution in [1.82, 2.24) is 9.97 Å². The van der Waals surface area contributed by atoms with E-state index in [1.807, 2.05) is 6.07 Å². The summed E-state index contributed by atoms with van der Waals surface area (Å²) >= 11 is 5.98. The Morgan fingerprint density at radius 1 is 1.22 bits per heavy atom. The zero-order valence-electron chi connectivity index (χ0n) is 12.2. The third kappa shape index (κ3) is 3.57. The number of ether oxygens (including phenoxy) is 1. The second-order valence-corrected chi connectivity index (χ2v) is 5.53. The van der Waals surface area contributed by atoms with Crippen LogP contribution in [0.2, 0.25) is 5.28 Å². The van der Waals surface area contributed by atoms with Crippen LogP contribution in [0.25, 0.3) is 11.3 Å². The van der Waals surface area contributed by atoms with Crippen LogP contribution < -0.4 is 5.32 Å². The van der Waals surface area contributed by atoms with Gasteiger partial charge in [0.15, 0.2) is 5.69 Å². The SMILES string of the molecule is O=[N+]([O-])c1c(NC2CCOCC2)nc(Cl)nc1-c1ccccc1. The molecule has 0 radical (unpaired) electrons. The molecule has 1 aliphatic heterocycles. The average Bonchev–Trinajstić information content (AvgIpc) is 2.55. The van der Waals surface area contributed by atoms with Gasteiger partial charge >= 0.3 is 5.69 Å². The number of anilines is 1. The highest BCUT2D eigenvalue weighted by Gasteiger charge is 2.27. The van der Waals surface area contributed by atoms with Crippen LogP contribution in [0.3, 0.4) is 0 Å². The van der Waals surface area contributed by atoms with E-state index in [0.717, 1.165) is 12.8 Å². The van der Waals surface area contributed by atoms with Gasteiger partial charge in [-0.05, 0) is 24.4 Å². The first-order chi connectivity index (χ1) is 11.1. The molecule has 0 spiro atoms. The molecule has 0 amide bonds. The van der Waals surface area contributed by atoms with Gasteiger partial charge in [0.1, 0.15) is 0 Å². The van der Waals surface area contributed by atoms with Crippen molar-refractivity contribution < 1.29 is 9.66 Å². The molecule has 1 aromatic heterocycles. The Balaban J connectivity index is 2.04. The van der Waals surface area contributed by atoms with Crippen molar-refractivity contribution in [2.45, 2.75) is 18.9 Å². The number of nitro groups is 1. The summed E-state index contributed by atoms with van der Waals surface area (Å²) in [7, 11) is 0. The Hall–Kier alpha value is -2.25. The summed E-state index contributed by atoms with van der Waals surface area (Å²) in [5.74, 6) is 0.153. The third-order valence-electron chi connectivity index (χ3n) is 3.65. The molecule has 1 aliphatic rings. The predicted octanol–water partition coefficient (Wildman–Crippen LogP) is 3.30. The zero-order chi connectivity index (χ0) is 16.2. The van der Waals surface area contributed by atoms with Crippen molar-refractivity contribution in [1.29, 1.82) is 0 Å². The number of nitrogens with one attached hydrogen (secondary N) is 1. The number of nitrogens with zero attached hydrogens (tertiary/aromatic N) is 3. The van der Waals surface area contributed by atoms with Crippen molar-refractivity contribution in [3.8, 4) is 11.3 Å². The van der Waals surface area contributed by atoms with E-state index < -0.39 is 4.92 Å². The summed E-state index contributed by atoms with van der Waals surface area (Å²) in [6.45, 7) is 1.24. The van der Waals surface area contributed by atoms with E-state index in [1.54, 1.807) is 24.3 Å². The second kappa shape index (κ2) is 6.89. The molecule has 3 rings (SSSR count). The molecule has 7 nitrogen and oxygen atoms in total. The first-order valence-corrected chi connectivity index (χ1v) is 7.64. The molecule has 0 unspecified atom stereocenters. The van der Waals surface area contributed by atoms with E-state index in [1.165, 1.54) is 0 Å². The lowest BCUT2D eigenvalue weighted by atomic mass is 10.1. The van der Waals surface area contributed by atoms with Crippen LogP contribution >= 0.6 is 11.6 Å². The van der Waals surface area contributed by atoms with Gasteiger partial charge in [-0.1, -0.05) is 30.3 Å². The number of hydrogen-bond acceptors (Lipinski definition) is 6. The Morgan fingerprint density at radius 2 is 1.91 bits per heavy atom. The van der Waals surface area contributed by atoms with Crippen LogP contribution in [0.15, 0.2) is 30.3 Å². The summed E-state index contributed by atoms with van der Waals surface area (Å²) < 4.78 is 5.30. The average molecular weight is 335 g/mol. The summed E-state index contributed by atoms with van der Waals surface area (Å²) in [5.41, 5.74) is 0.677. The standard InChI is InChI=1S/C15H15ClN4O3/c16-15-18-12(10-4-2-1-3-5-10)13(20(21)22)14(19-15)17-11-6-8-23-9-7-11/h1-5,11H,6-9H2,(H,17,18,19). The summed E-state index contributed by atoms with van der Waals surface area (Å²) in [6, 6.07) is 8.99. The lowest BCUT2D eigenvalue weighted by Gasteiger charge is -2.23. The molecular weight excluding hydrogens is 320 g/mol. The van der Waals surface area contributed by atoms with Crippen LogP contribution in [-0.4, -0.2) is 34.1 Å². The smallest absolute Gasteiger partial charge is 0.337 e. The van der Waals surface area contributed by atoms with E-state index in [0.29, 0.717) is 18.8 Å². The van der Waals surface area contributed by atoms with Crippen molar-refractivity contribution in [3.63, 3.8) is 0 Å².